The summed E-state index contributed by atoms with van der Waals surface area (Å²) in [6.07, 6.45) is 1.09. The van der Waals surface area contributed by atoms with E-state index in [0.717, 1.165) is 25.1 Å². The van der Waals surface area contributed by atoms with Gasteiger partial charge in [-0.25, -0.2) is 4.39 Å². The van der Waals surface area contributed by atoms with Gasteiger partial charge >= 0.3 is 0 Å². The third-order valence-corrected chi connectivity index (χ3v) is 3.16. The Bertz CT molecular complexity index is 306. The van der Waals surface area contributed by atoms with E-state index >= 15 is 0 Å². The molecule has 1 aromatic rings. The Morgan fingerprint density at radius 1 is 1.40 bits per heavy atom. The molecule has 0 spiro atoms. The molecule has 0 aliphatic carbocycles. The molecule has 0 aromatic heterocycles. The number of rotatable bonds is 3. The highest BCUT2D eigenvalue weighted by Gasteiger charge is 2.25. The van der Waals surface area contributed by atoms with Crippen molar-refractivity contribution in [3.63, 3.8) is 0 Å². The van der Waals surface area contributed by atoms with Crippen LogP contribution in [-0.2, 0) is 0 Å². The van der Waals surface area contributed by atoms with Gasteiger partial charge in [-0.2, -0.15) is 0 Å². The van der Waals surface area contributed by atoms with E-state index in [1.165, 1.54) is 12.1 Å². The molecule has 0 bridgehead atoms. The normalized spacial score (nSPS) is 22.9. The van der Waals surface area contributed by atoms with Crippen LogP contribution in [0.4, 0.5) is 4.39 Å². The fourth-order valence-electron chi connectivity index (χ4n) is 2.26. The van der Waals surface area contributed by atoms with Gasteiger partial charge in [0.15, 0.2) is 0 Å². The van der Waals surface area contributed by atoms with Crippen LogP contribution in [0.3, 0.4) is 0 Å². The summed E-state index contributed by atoms with van der Waals surface area (Å²) < 4.78 is 12.8. The van der Waals surface area contributed by atoms with Gasteiger partial charge in [0.2, 0.25) is 0 Å². The number of halogens is 1. The Morgan fingerprint density at radius 2 is 2.13 bits per heavy atom. The maximum Gasteiger partial charge on any atom is 0.123 e. The summed E-state index contributed by atoms with van der Waals surface area (Å²) >= 11 is 0. The average Bonchev–Trinajstić information content (AvgIpc) is 2.75. The van der Waals surface area contributed by atoms with Crippen LogP contribution in [0.1, 0.15) is 17.9 Å². The van der Waals surface area contributed by atoms with E-state index in [4.69, 9.17) is 0 Å². The molecule has 2 atom stereocenters. The summed E-state index contributed by atoms with van der Waals surface area (Å²) in [5, 5.41) is 12.7. The predicted molar refractivity (Wildman–Crippen MR) is 57.2 cm³/mol. The fourth-order valence-corrected chi connectivity index (χ4v) is 2.26. The van der Waals surface area contributed by atoms with Crippen molar-refractivity contribution in [2.45, 2.75) is 12.3 Å². The first kappa shape index (κ1) is 10.6. The van der Waals surface area contributed by atoms with Crippen LogP contribution in [0.2, 0.25) is 0 Å². The molecule has 1 aliphatic heterocycles. The molecule has 2 unspecified atom stereocenters. The third-order valence-electron chi connectivity index (χ3n) is 3.16. The second-order valence-corrected chi connectivity index (χ2v) is 4.09. The van der Waals surface area contributed by atoms with Crippen molar-refractivity contribution >= 4 is 0 Å². The molecular formula is C12H16FNO. The summed E-state index contributed by atoms with van der Waals surface area (Å²) in [6, 6.07) is 6.46. The smallest absolute Gasteiger partial charge is 0.123 e. The fraction of sp³-hybridized carbons (Fsp3) is 0.500. The minimum Gasteiger partial charge on any atom is -0.396 e. The second kappa shape index (κ2) is 4.73. The highest BCUT2D eigenvalue weighted by Crippen LogP contribution is 2.28. The third kappa shape index (κ3) is 2.36. The summed E-state index contributed by atoms with van der Waals surface area (Å²) in [7, 11) is 0. The molecule has 3 heteroatoms. The lowest BCUT2D eigenvalue weighted by molar-refractivity contribution is 0.231. The second-order valence-electron chi connectivity index (χ2n) is 4.09. The quantitative estimate of drug-likeness (QED) is 0.791. The van der Waals surface area contributed by atoms with Crippen LogP contribution >= 0.6 is 0 Å². The van der Waals surface area contributed by atoms with Crippen LogP contribution in [0.25, 0.3) is 0 Å². The number of aliphatic hydroxyl groups excluding tert-OH is 1. The van der Waals surface area contributed by atoms with Crippen LogP contribution in [0.15, 0.2) is 24.3 Å². The van der Waals surface area contributed by atoms with Crippen LogP contribution in [0, 0.1) is 11.7 Å². The monoisotopic (exact) mass is 209 g/mol. The molecule has 2 nitrogen and oxygen atoms in total. The van der Waals surface area contributed by atoms with E-state index in [1.807, 2.05) is 0 Å². The molecule has 2 rings (SSSR count). The molecule has 82 valence electrons. The van der Waals surface area contributed by atoms with E-state index in [2.05, 4.69) is 5.32 Å². The molecule has 0 saturated carbocycles. The van der Waals surface area contributed by atoms with Gasteiger partial charge in [0.1, 0.15) is 5.82 Å². The summed E-state index contributed by atoms with van der Waals surface area (Å²) in [5.74, 6) is 0.390. The number of benzene rings is 1. The molecule has 0 radical (unpaired) electrons. The van der Waals surface area contributed by atoms with Crippen molar-refractivity contribution < 1.29 is 9.50 Å². The van der Waals surface area contributed by atoms with Crippen LogP contribution in [0.5, 0.6) is 0 Å². The first-order valence-electron chi connectivity index (χ1n) is 5.38. The Morgan fingerprint density at radius 3 is 2.67 bits per heavy atom. The Kier molecular flexibility index (Phi) is 3.34. The van der Waals surface area contributed by atoms with Gasteiger partial charge in [-0.15, -0.1) is 0 Å². The van der Waals surface area contributed by atoms with Gasteiger partial charge in [0.05, 0.1) is 6.61 Å². The summed E-state index contributed by atoms with van der Waals surface area (Å²) in [5.41, 5.74) is 1.03. The molecule has 15 heavy (non-hydrogen) atoms. The van der Waals surface area contributed by atoms with E-state index in [9.17, 15) is 9.50 Å². The van der Waals surface area contributed by atoms with Gasteiger partial charge in [0.25, 0.3) is 0 Å². The largest absolute Gasteiger partial charge is 0.396 e. The minimum absolute atomic E-state index is 0.137. The van der Waals surface area contributed by atoms with Gasteiger partial charge < -0.3 is 10.4 Å². The van der Waals surface area contributed by atoms with Crippen molar-refractivity contribution in [1.82, 2.24) is 5.32 Å². The van der Waals surface area contributed by atoms with Crippen molar-refractivity contribution in [3.8, 4) is 0 Å². The average molecular weight is 209 g/mol. The van der Waals surface area contributed by atoms with Crippen LogP contribution < -0.4 is 5.32 Å². The summed E-state index contributed by atoms with van der Waals surface area (Å²) in [4.78, 5) is 0. The lowest BCUT2D eigenvalue weighted by Crippen LogP contribution is -2.19. The SMILES string of the molecule is OCC(c1ccc(F)cc1)C1CCNC1. The van der Waals surface area contributed by atoms with E-state index < -0.39 is 0 Å². The minimum atomic E-state index is -0.222. The molecule has 1 aliphatic rings. The maximum absolute atomic E-state index is 12.8. The first-order chi connectivity index (χ1) is 7.31. The van der Waals surface area contributed by atoms with E-state index in [0.29, 0.717) is 5.92 Å². The van der Waals surface area contributed by atoms with Crippen molar-refractivity contribution in [3.05, 3.63) is 35.6 Å². The predicted octanol–water partition coefficient (Wildman–Crippen LogP) is 1.51. The highest BCUT2D eigenvalue weighted by molar-refractivity contribution is 5.21. The maximum atomic E-state index is 12.8. The Labute approximate surface area is 89.1 Å². The number of hydrogen-bond acceptors (Lipinski definition) is 2. The lowest BCUT2D eigenvalue weighted by Gasteiger charge is -2.20. The standard InChI is InChI=1S/C12H16FNO/c13-11-3-1-9(2-4-11)12(8-15)10-5-6-14-7-10/h1-4,10,12,14-15H,5-8H2. The first-order valence-corrected chi connectivity index (χ1v) is 5.38. The topological polar surface area (TPSA) is 32.3 Å². The zero-order valence-corrected chi connectivity index (χ0v) is 8.62. The van der Waals surface area contributed by atoms with Crippen molar-refractivity contribution in [2.24, 2.45) is 5.92 Å². The van der Waals surface area contributed by atoms with E-state index in [-0.39, 0.29) is 18.3 Å². The zero-order valence-electron chi connectivity index (χ0n) is 8.62. The number of aliphatic hydroxyl groups is 1. The number of hydrogen-bond donors (Lipinski definition) is 2. The summed E-state index contributed by atoms with van der Waals surface area (Å²) in [6.45, 7) is 2.10. The van der Waals surface area contributed by atoms with Crippen molar-refractivity contribution in [1.29, 1.82) is 0 Å². The molecular weight excluding hydrogens is 193 g/mol. The van der Waals surface area contributed by atoms with Crippen LogP contribution in [-0.4, -0.2) is 24.8 Å². The molecule has 1 aromatic carbocycles. The van der Waals surface area contributed by atoms with E-state index in [1.54, 1.807) is 12.1 Å². The highest BCUT2D eigenvalue weighted by atomic mass is 19.1. The van der Waals surface area contributed by atoms with Crippen molar-refractivity contribution in [2.75, 3.05) is 19.7 Å². The van der Waals surface area contributed by atoms with Gasteiger partial charge in [-0.05, 0) is 43.1 Å². The lowest BCUT2D eigenvalue weighted by atomic mass is 9.86. The molecule has 1 heterocycles. The van der Waals surface area contributed by atoms with Gasteiger partial charge in [0, 0.05) is 5.92 Å². The van der Waals surface area contributed by atoms with Gasteiger partial charge in [-0.3, -0.25) is 0 Å². The molecule has 2 N–H and O–H groups in total. The Hall–Kier alpha value is -0.930. The molecule has 1 saturated heterocycles. The Balaban J connectivity index is 2.14. The zero-order chi connectivity index (χ0) is 10.7. The number of nitrogens with one attached hydrogen (secondary N) is 1. The van der Waals surface area contributed by atoms with Gasteiger partial charge in [-0.1, -0.05) is 12.1 Å². The molecule has 1 fully saturated rings. The molecule has 0 amide bonds.